The lowest BCUT2D eigenvalue weighted by Gasteiger charge is -2.11. The van der Waals surface area contributed by atoms with Crippen LogP contribution in [-0.2, 0) is 6.42 Å². The molecule has 2 nitrogen and oxygen atoms in total. The number of oxime groups is 1. The molecule has 0 saturated heterocycles. The molecule has 0 aliphatic carbocycles. The Balaban J connectivity index is 1.89. The zero-order chi connectivity index (χ0) is 15.9. The van der Waals surface area contributed by atoms with Gasteiger partial charge in [0.2, 0.25) is 0 Å². The third kappa shape index (κ3) is 4.02. The minimum Gasteiger partial charge on any atom is -0.411 e. The minimum absolute atomic E-state index is 0.601. The normalized spacial score (nSPS) is 11.4. The molecule has 0 radical (unpaired) electrons. The molecule has 1 N–H and O–H groups in total. The molecule has 3 rings (SSSR count). The third-order valence-electron chi connectivity index (χ3n) is 3.50. The van der Waals surface area contributed by atoms with E-state index >= 15 is 0 Å². The maximum Gasteiger partial charge on any atom is 0.0922 e. The van der Waals surface area contributed by atoms with Gasteiger partial charge in [-0.25, -0.2) is 0 Å². The van der Waals surface area contributed by atoms with Crippen LogP contribution in [0.5, 0.6) is 0 Å². The van der Waals surface area contributed by atoms with Gasteiger partial charge in [-0.1, -0.05) is 83.6 Å². The van der Waals surface area contributed by atoms with Gasteiger partial charge in [-0.15, -0.1) is 0 Å². The fourth-order valence-corrected chi connectivity index (χ4v) is 3.37. The van der Waals surface area contributed by atoms with E-state index in [4.69, 9.17) is 0 Å². The summed E-state index contributed by atoms with van der Waals surface area (Å²) >= 11 is 1.68. The molecule has 0 aliphatic heterocycles. The summed E-state index contributed by atoms with van der Waals surface area (Å²) in [5.74, 6) is 0. The van der Waals surface area contributed by atoms with Crippen LogP contribution >= 0.6 is 11.8 Å². The van der Waals surface area contributed by atoms with Gasteiger partial charge in [0.15, 0.2) is 0 Å². The molecule has 23 heavy (non-hydrogen) atoms. The number of hydrogen-bond acceptors (Lipinski definition) is 3. The van der Waals surface area contributed by atoms with Gasteiger partial charge in [0.1, 0.15) is 0 Å². The van der Waals surface area contributed by atoms with Crippen LogP contribution in [0, 0.1) is 0 Å². The van der Waals surface area contributed by atoms with Gasteiger partial charge in [-0.2, -0.15) is 0 Å². The molecule has 0 saturated carbocycles. The monoisotopic (exact) mass is 319 g/mol. The summed E-state index contributed by atoms with van der Waals surface area (Å²) in [6.07, 6.45) is 0.601. The molecule has 0 aliphatic rings. The Bertz CT molecular complexity index is 785. The van der Waals surface area contributed by atoms with E-state index in [1.54, 1.807) is 11.8 Å². The summed E-state index contributed by atoms with van der Waals surface area (Å²) < 4.78 is 0. The van der Waals surface area contributed by atoms with Crippen LogP contribution in [0.2, 0.25) is 0 Å². The molecule has 0 bridgehead atoms. The molecule has 0 fully saturated rings. The van der Waals surface area contributed by atoms with E-state index in [1.807, 2.05) is 66.7 Å². The van der Waals surface area contributed by atoms with Crippen LogP contribution in [0.15, 0.2) is 99.9 Å². The lowest BCUT2D eigenvalue weighted by molar-refractivity contribution is 0.318. The second kappa shape index (κ2) is 7.65. The largest absolute Gasteiger partial charge is 0.411 e. The SMILES string of the molecule is O/N=C(/Cc1ccccc1)c1ccccc1Sc1ccccc1. The number of rotatable bonds is 5. The lowest BCUT2D eigenvalue weighted by atomic mass is 10.0. The van der Waals surface area contributed by atoms with Gasteiger partial charge >= 0.3 is 0 Å². The molecular formula is C20H17NOS. The predicted octanol–water partition coefficient (Wildman–Crippen LogP) is 5.26. The molecule has 114 valence electrons. The first-order valence-electron chi connectivity index (χ1n) is 7.44. The highest BCUT2D eigenvalue weighted by molar-refractivity contribution is 7.99. The third-order valence-corrected chi connectivity index (χ3v) is 4.59. The van der Waals surface area contributed by atoms with Crippen molar-refractivity contribution in [2.45, 2.75) is 16.2 Å². The van der Waals surface area contributed by atoms with Gasteiger partial charge in [-0.05, 0) is 23.8 Å². The Kier molecular flexibility index (Phi) is 5.12. The first kappa shape index (κ1) is 15.4. The summed E-state index contributed by atoms with van der Waals surface area (Å²) in [7, 11) is 0. The maximum absolute atomic E-state index is 9.51. The molecule has 3 aromatic carbocycles. The van der Waals surface area contributed by atoms with E-state index in [9.17, 15) is 5.21 Å². The second-order valence-corrected chi connectivity index (χ2v) is 6.24. The van der Waals surface area contributed by atoms with Crippen LogP contribution in [-0.4, -0.2) is 10.9 Å². The van der Waals surface area contributed by atoms with Crippen molar-refractivity contribution in [1.82, 2.24) is 0 Å². The van der Waals surface area contributed by atoms with Crippen LogP contribution < -0.4 is 0 Å². The maximum atomic E-state index is 9.51. The van der Waals surface area contributed by atoms with Crippen LogP contribution in [0.25, 0.3) is 0 Å². The molecule has 0 atom stereocenters. The van der Waals surface area contributed by atoms with Crippen LogP contribution in [0.1, 0.15) is 11.1 Å². The summed E-state index contributed by atoms with van der Waals surface area (Å²) in [4.78, 5) is 2.25. The lowest BCUT2D eigenvalue weighted by Crippen LogP contribution is -2.07. The van der Waals surface area contributed by atoms with E-state index in [0.717, 1.165) is 20.9 Å². The van der Waals surface area contributed by atoms with E-state index in [-0.39, 0.29) is 0 Å². The predicted molar refractivity (Wildman–Crippen MR) is 95.5 cm³/mol. The van der Waals surface area contributed by atoms with Crippen molar-refractivity contribution in [3.63, 3.8) is 0 Å². The van der Waals surface area contributed by atoms with Crippen molar-refractivity contribution in [3.05, 3.63) is 96.1 Å². The molecule has 3 heteroatoms. The topological polar surface area (TPSA) is 32.6 Å². The smallest absolute Gasteiger partial charge is 0.0922 e. The Morgan fingerprint density at radius 2 is 1.39 bits per heavy atom. The second-order valence-electron chi connectivity index (χ2n) is 5.12. The van der Waals surface area contributed by atoms with Gasteiger partial charge in [0.05, 0.1) is 5.71 Å². The molecule has 0 aromatic heterocycles. The molecule has 0 amide bonds. The number of nitrogens with zero attached hydrogens (tertiary/aromatic N) is 1. The zero-order valence-corrected chi connectivity index (χ0v) is 13.4. The van der Waals surface area contributed by atoms with Gasteiger partial charge < -0.3 is 5.21 Å². The summed E-state index contributed by atoms with van der Waals surface area (Å²) in [5.41, 5.74) is 2.77. The summed E-state index contributed by atoms with van der Waals surface area (Å²) in [6, 6.07) is 28.3. The van der Waals surface area contributed by atoms with Gasteiger partial charge in [-0.3, -0.25) is 0 Å². The number of benzene rings is 3. The van der Waals surface area contributed by atoms with Crippen LogP contribution in [0.4, 0.5) is 0 Å². The first-order chi connectivity index (χ1) is 11.4. The molecule has 0 spiro atoms. The highest BCUT2D eigenvalue weighted by Crippen LogP contribution is 2.31. The molecule has 3 aromatic rings. The van der Waals surface area contributed by atoms with Crippen molar-refractivity contribution in [1.29, 1.82) is 0 Å². The van der Waals surface area contributed by atoms with Gasteiger partial charge in [0.25, 0.3) is 0 Å². The van der Waals surface area contributed by atoms with Crippen LogP contribution in [0.3, 0.4) is 0 Å². The fourth-order valence-electron chi connectivity index (χ4n) is 2.38. The molecular weight excluding hydrogens is 302 g/mol. The van der Waals surface area contributed by atoms with Gasteiger partial charge in [0, 0.05) is 21.8 Å². The van der Waals surface area contributed by atoms with E-state index in [2.05, 4.69) is 23.4 Å². The Morgan fingerprint density at radius 1 is 0.783 bits per heavy atom. The van der Waals surface area contributed by atoms with Crippen molar-refractivity contribution in [2.75, 3.05) is 0 Å². The molecule has 0 unspecified atom stereocenters. The van der Waals surface area contributed by atoms with E-state index < -0.39 is 0 Å². The zero-order valence-electron chi connectivity index (χ0n) is 12.6. The van der Waals surface area contributed by atoms with Crippen molar-refractivity contribution in [3.8, 4) is 0 Å². The highest BCUT2D eigenvalue weighted by Gasteiger charge is 2.11. The fraction of sp³-hybridized carbons (Fsp3) is 0.0500. The highest BCUT2D eigenvalue weighted by atomic mass is 32.2. The standard InChI is InChI=1S/C20H17NOS/c22-21-19(15-16-9-3-1-4-10-16)18-13-7-8-14-20(18)23-17-11-5-2-6-12-17/h1-14,22H,15H2/b21-19-. The Labute approximate surface area is 140 Å². The summed E-state index contributed by atoms with van der Waals surface area (Å²) in [6.45, 7) is 0. The van der Waals surface area contributed by atoms with Crippen molar-refractivity contribution < 1.29 is 5.21 Å². The quantitative estimate of drug-likeness (QED) is 0.395. The average Bonchev–Trinajstić information content (AvgIpc) is 2.62. The Hall–Kier alpha value is -2.52. The summed E-state index contributed by atoms with van der Waals surface area (Å²) in [5, 5.41) is 13.1. The minimum atomic E-state index is 0.601. The van der Waals surface area contributed by atoms with E-state index in [0.29, 0.717) is 12.1 Å². The van der Waals surface area contributed by atoms with Crippen molar-refractivity contribution in [2.24, 2.45) is 5.16 Å². The first-order valence-corrected chi connectivity index (χ1v) is 8.25. The Morgan fingerprint density at radius 3 is 2.09 bits per heavy atom. The molecule has 0 heterocycles. The number of hydrogen-bond donors (Lipinski definition) is 1. The van der Waals surface area contributed by atoms with E-state index in [1.165, 1.54) is 0 Å². The van der Waals surface area contributed by atoms with Crippen molar-refractivity contribution >= 4 is 17.5 Å². The average molecular weight is 319 g/mol.